The summed E-state index contributed by atoms with van der Waals surface area (Å²) in [6.07, 6.45) is 0. The van der Waals surface area contributed by atoms with Crippen LogP contribution >= 0.6 is 0 Å². The third kappa shape index (κ3) is 56.4. The van der Waals surface area contributed by atoms with Gasteiger partial charge in [0.1, 0.15) is 0 Å². The standard InChI is InChI=1S/CF2.Fe/c2-1-3;. The van der Waals surface area contributed by atoms with Crippen molar-refractivity contribution >= 4 is 4.93 Å². The van der Waals surface area contributed by atoms with Crippen molar-refractivity contribution in [1.29, 1.82) is 0 Å². The van der Waals surface area contributed by atoms with Gasteiger partial charge < -0.3 is 0 Å². The van der Waals surface area contributed by atoms with Gasteiger partial charge in [-0.25, -0.2) is 0 Å². The van der Waals surface area contributed by atoms with Crippen LogP contribution in [0.2, 0.25) is 0 Å². The van der Waals surface area contributed by atoms with Gasteiger partial charge in [-0.15, -0.1) is 0 Å². The van der Waals surface area contributed by atoms with Gasteiger partial charge in [-0.1, -0.05) is 0 Å². The number of halogens is 2. The van der Waals surface area contributed by atoms with Gasteiger partial charge in [0.05, 0.1) is 0 Å². The molecule has 0 saturated carbocycles. The molecule has 4 heavy (non-hydrogen) atoms. The molecule has 0 fully saturated rings. The SMILES string of the molecule is F[C](F)=[Fe]. The fourth-order valence-corrected chi connectivity index (χ4v) is 0. The van der Waals surface area contributed by atoms with Crippen LogP contribution in [-0.2, 0) is 15.6 Å². The average Bonchev–Trinajstić information content (AvgIpc) is 0.811. The molecule has 0 rings (SSSR count). The minimum absolute atomic E-state index is 1.83. The summed E-state index contributed by atoms with van der Waals surface area (Å²) in [7, 11) is 0. The molecule has 0 aromatic carbocycles. The molecule has 0 amide bonds. The van der Waals surface area contributed by atoms with Gasteiger partial charge in [0, 0.05) is 0 Å². The topological polar surface area (TPSA) is 0 Å². The van der Waals surface area contributed by atoms with Crippen LogP contribution in [0, 0.1) is 0 Å². The van der Waals surface area contributed by atoms with Crippen LogP contribution in [0.25, 0.3) is 0 Å². The van der Waals surface area contributed by atoms with Crippen LogP contribution in [0.5, 0.6) is 0 Å². The molecule has 0 atom stereocenters. The number of hydrogen-bond acceptors (Lipinski definition) is 0. The Hall–Kier alpha value is 0.249. The van der Waals surface area contributed by atoms with E-state index in [0.717, 1.165) is 0 Å². The van der Waals surface area contributed by atoms with E-state index < -0.39 is 4.93 Å². The van der Waals surface area contributed by atoms with Crippen molar-refractivity contribution < 1.29 is 24.4 Å². The van der Waals surface area contributed by atoms with Gasteiger partial charge in [0.25, 0.3) is 0 Å². The maximum absolute atomic E-state index is 10.1. The van der Waals surface area contributed by atoms with Gasteiger partial charge in [-0.2, -0.15) is 0 Å². The number of hydrogen-bond donors (Lipinski definition) is 0. The quantitative estimate of drug-likeness (QED) is 0.395. The summed E-state index contributed by atoms with van der Waals surface area (Å²) in [5.41, 5.74) is 0. The van der Waals surface area contributed by atoms with Crippen LogP contribution < -0.4 is 0 Å². The Morgan fingerprint density at radius 3 is 1.50 bits per heavy atom. The van der Waals surface area contributed by atoms with Crippen molar-refractivity contribution in [2.45, 2.75) is 0 Å². The molecule has 0 bridgehead atoms. The fraction of sp³-hybridized carbons (Fsp3) is 0. The minimum atomic E-state index is -1.83. The first-order valence-electron chi connectivity index (χ1n) is 0.555. The molecule has 0 aliphatic carbocycles. The monoisotopic (exact) mass is 106 g/mol. The molecule has 0 unspecified atom stereocenters. The van der Waals surface area contributed by atoms with E-state index in [4.69, 9.17) is 0 Å². The molecule has 0 heterocycles. The molecule has 0 aliphatic rings. The Kier molecular flexibility index (Phi) is 1.65. The zero-order valence-corrected chi connectivity index (χ0v) is 2.71. The van der Waals surface area contributed by atoms with Crippen molar-refractivity contribution in [3.05, 3.63) is 0 Å². The molecule has 0 spiro atoms. The van der Waals surface area contributed by atoms with E-state index >= 15 is 0 Å². The summed E-state index contributed by atoms with van der Waals surface area (Å²) in [4.78, 5) is -1.83. The second-order valence-electron chi connectivity index (χ2n) is 0.205. The molecule has 0 saturated heterocycles. The third-order valence-electron chi connectivity index (χ3n) is 0. The summed E-state index contributed by atoms with van der Waals surface area (Å²) in [6.45, 7) is 0. The van der Waals surface area contributed by atoms with E-state index in [1.165, 1.54) is 0 Å². The van der Waals surface area contributed by atoms with Gasteiger partial charge >= 0.3 is 29.3 Å². The molecular formula is CF2Fe. The molecule has 0 aromatic rings. The predicted octanol–water partition coefficient (Wildman–Crippen LogP) is 0.560. The maximum atomic E-state index is 10.1. The molecule has 26 valence electrons. The molecule has 3 heteroatoms. The Morgan fingerprint density at radius 2 is 1.50 bits per heavy atom. The van der Waals surface area contributed by atoms with Crippen molar-refractivity contribution in [2.24, 2.45) is 0 Å². The van der Waals surface area contributed by atoms with E-state index in [9.17, 15) is 8.78 Å². The normalized spacial score (nSPS) is 6.75. The Labute approximate surface area is 30.2 Å². The third-order valence-corrected chi connectivity index (χ3v) is 0. The summed E-state index contributed by atoms with van der Waals surface area (Å²) < 4.78 is 20.3. The van der Waals surface area contributed by atoms with Gasteiger partial charge in [-0.05, 0) is 0 Å². The van der Waals surface area contributed by atoms with E-state index in [1.54, 1.807) is 0 Å². The molecule has 0 N–H and O–H groups in total. The summed E-state index contributed by atoms with van der Waals surface area (Å²) >= 11 is 2.22. The zero-order valence-electron chi connectivity index (χ0n) is 1.61. The Bertz CT molecular complexity index is 29.0. The van der Waals surface area contributed by atoms with Gasteiger partial charge in [-0.3, -0.25) is 0 Å². The summed E-state index contributed by atoms with van der Waals surface area (Å²) in [5, 5.41) is 0. The first kappa shape index (κ1) is 4.25. The Balaban J connectivity index is 2.80. The zero-order chi connectivity index (χ0) is 3.58. The van der Waals surface area contributed by atoms with E-state index in [1.807, 2.05) is 0 Å². The van der Waals surface area contributed by atoms with E-state index in [0.29, 0.717) is 0 Å². The summed E-state index contributed by atoms with van der Waals surface area (Å²) in [6, 6.07) is 0. The summed E-state index contributed by atoms with van der Waals surface area (Å²) in [5.74, 6) is 0. The first-order valence-corrected chi connectivity index (χ1v) is 1.11. The number of rotatable bonds is 0. The molecule has 0 aromatic heterocycles. The van der Waals surface area contributed by atoms with Crippen LogP contribution in [0.15, 0.2) is 0 Å². The molecule has 0 radical (unpaired) electrons. The second kappa shape index (κ2) is 1.56. The van der Waals surface area contributed by atoms with Crippen LogP contribution in [0.4, 0.5) is 8.78 Å². The Morgan fingerprint density at radius 1 is 1.50 bits per heavy atom. The van der Waals surface area contributed by atoms with Crippen LogP contribution in [0.1, 0.15) is 0 Å². The first-order chi connectivity index (χ1) is 1.73. The van der Waals surface area contributed by atoms with Crippen molar-refractivity contribution in [3.63, 3.8) is 0 Å². The van der Waals surface area contributed by atoms with Crippen molar-refractivity contribution in [2.75, 3.05) is 0 Å². The van der Waals surface area contributed by atoms with Gasteiger partial charge in [0.2, 0.25) is 0 Å². The van der Waals surface area contributed by atoms with Crippen LogP contribution in [0.3, 0.4) is 0 Å². The molecule has 0 aliphatic heterocycles. The predicted molar refractivity (Wildman–Crippen MR) is 7.22 cm³/mol. The fourth-order valence-electron chi connectivity index (χ4n) is 0. The van der Waals surface area contributed by atoms with Crippen molar-refractivity contribution in [3.8, 4) is 0 Å². The molecule has 0 nitrogen and oxygen atoms in total. The average molecular weight is 106 g/mol. The van der Waals surface area contributed by atoms with Crippen molar-refractivity contribution in [1.82, 2.24) is 0 Å². The van der Waals surface area contributed by atoms with Crippen LogP contribution in [-0.4, -0.2) is 4.93 Å². The molecular weight excluding hydrogens is 106 g/mol. The van der Waals surface area contributed by atoms with E-state index in [-0.39, 0.29) is 0 Å². The second-order valence-corrected chi connectivity index (χ2v) is 0.622. The van der Waals surface area contributed by atoms with E-state index in [2.05, 4.69) is 15.6 Å². The van der Waals surface area contributed by atoms with Gasteiger partial charge in [0.15, 0.2) is 0 Å².